The molecule has 1 aliphatic carbocycles. The van der Waals surface area contributed by atoms with Gasteiger partial charge in [-0.2, -0.15) is 0 Å². The van der Waals surface area contributed by atoms with Crippen molar-refractivity contribution in [3.8, 4) is 0 Å². The first-order chi connectivity index (χ1) is 16.5. The number of hydrogen-bond donors (Lipinski definition) is 0. The fourth-order valence-electron chi connectivity index (χ4n) is 6.10. The third-order valence-corrected chi connectivity index (χ3v) is 8.10. The van der Waals surface area contributed by atoms with Crippen LogP contribution in [0.25, 0.3) is 0 Å². The summed E-state index contributed by atoms with van der Waals surface area (Å²) in [5, 5.41) is 0.423. The molecule has 2 unspecified atom stereocenters. The van der Waals surface area contributed by atoms with Gasteiger partial charge in [0.05, 0.1) is 11.5 Å². The number of imide groups is 1. The van der Waals surface area contributed by atoms with Crippen molar-refractivity contribution in [3.63, 3.8) is 0 Å². The van der Waals surface area contributed by atoms with Gasteiger partial charge in [-0.3, -0.25) is 24.3 Å². The van der Waals surface area contributed by atoms with Crippen molar-refractivity contribution in [1.29, 1.82) is 0 Å². The number of halogens is 1. The number of aromatic nitrogens is 1. The summed E-state index contributed by atoms with van der Waals surface area (Å²) in [7, 11) is 0. The molecular formula is C27H30ClN3O3. The van der Waals surface area contributed by atoms with Crippen molar-refractivity contribution in [3.05, 3.63) is 64.9 Å². The molecule has 1 saturated carbocycles. The largest absolute Gasteiger partial charge is 0.336 e. The van der Waals surface area contributed by atoms with Gasteiger partial charge in [0, 0.05) is 42.8 Å². The molecule has 1 aromatic carbocycles. The number of piperidine rings is 1. The van der Waals surface area contributed by atoms with Gasteiger partial charge in [0.2, 0.25) is 17.7 Å². The standard InChI is InChI=1S/C27H30ClN3O3/c28-22-12-4-3-11-21(22)27(17-25(33)31(26(27)34)20-9-1-2-10-20)16-24(32)30-15-6-5-13-23(30)19-8-7-14-29-18-19/h3-4,7-8,11-12,14,18,20,23H,1-2,5-6,9-10,13,15-17H2. The van der Waals surface area contributed by atoms with Gasteiger partial charge in [-0.25, -0.2) is 0 Å². The van der Waals surface area contributed by atoms with E-state index in [0.717, 1.165) is 50.5 Å². The SMILES string of the molecule is O=C(CC1(c2ccccc2Cl)CC(=O)N(C2CCCC2)C1=O)N1CCCCC1c1cccnc1. The predicted molar refractivity (Wildman–Crippen MR) is 129 cm³/mol. The lowest BCUT2D eigenvalue weighted by molar-refractivity contribution is -0.145. The van der Waals surface area contributed by atoms with Crippen molar-refractivity contribution in [1.82, 2.24) is 14.8 Å². The highest BCUT2D eigenvalue weighted by molar-refractivity contribution is 6.32. The Balaban J connectivity index is 1.50. The Hall–Kier alpha value is -2.73. The zero-order valence-corrected chi connectivity index (χ0v) is 20.0. The molecule has 2 aromatic rings. The third kappa shape index (κ3) is 4.02. The average molecular weight is 480 g/mol. The van der Waals surface area contributed by atoms with Crippen LogP contribution in [0.15, 0.2) is 48.8 Å². The Bertz CT molecular complexity index is 1090. The van der Waals surface area contributed by atoms with Crippen LogP contribution in [0.1, 0.15) is 75.0 Å². The molecule has 0 bridgehead atoms. The molecule has 7 heteroatoms. The van der Waals surface area contributed by atoms with Gasteiger partial charge >= 0.3 is 0 Å². The third-order valence-electron chi connectivity index (χ3n) is 7.77. The van der Waals surface area contributed by atoms with E-state index in [4.69, 9.17) is 11.6 Å². The van der Waals surface area contributed by atoms with E-state index >= 15 is 0 Å². The highest BCUT2D eigenvalue weighted by atomic mass is 35.5. The number of benzene rings is 1. The Labute approximate surface area is 205 Å². The Morgan fingerprint density at radius 2 is 1.79 bits per heavy atom. The van der Waals surface area contributed by atoms with Crippen molar-refractivity contribution in [2.24, 2.45) is 0 Å². The second kappa shape index (κ2) is 9.49. The molecule has 34 heavy (non-hydrogen) atoms. The molecule has 0 N–H and O–H groups in total. The Morgan fingerprint density at radius 1 is 1.03 bits per heavy atom. The Morgan fingerprint density at radius 3 is 2.53 bits per heavy atom. The van der Waals surface area contributed by atoms with E-state index in [-0.39, 0.29) is 42.6 Å². The van der Waals surface area contributed by atoms with Crippen LogP contribution in [0.3, 0.4) is 0 Å². The van der Waals surface area contributed by atoms with Crippen molar-refractivity contribution in [2.75, 3.05) is 6.54 Å². The molecule has 0 radical (unpaired) electrons. The summed E-state index contributed by atoms with van der Waals surface area (Å²) in [6, 6.07) is 10.9. The monoisotopic (exact) mass is 479 g/mol. The number of nitrogens with zero attached hydrogens (tertiary/aromatic N) is 3. The summed E-state index contributed by atoms with van der Waals surface area (Å²) in [6.45, 7) is 0.630. The summed E-state index contributed by atoms with van der Waals surface area (Å²) >= 11 is 6.59. The molecule has 6 nitrogen and oxygen atoms in total. The fourth-order valence-corrected chi connectivity index (χ4v) is 6.41. The Kier molecular flexibility index (Phi) is 6.43. The first-order valence-electron chi connectivity index (χ1n) is 12.3. The van der Waals surface area contributed by atoms with E-state index in [2.05, 4.69) is 4.98 Å². The zero-order chi connectivity index (χ0) is 23.7. The number of rotatable bonds is 5. The molecule has 1 aromatic heterocycles. The van der Waals surface area contributed by atoms with E-state index in [1.54, 1.807) is 24.4 Å². The number of hydrogen-bond acceptors (Lipinski definition) is 4. The average Bonchev–Trinajstić information content (AvgIpc) is 3.46. The van der Waals surface area contributed by atoms with Gasteiger partial charge in [-0.15, -0.1) is 0 Å². The van der Waals surface area contributed by atoms with Crippen LogP contribution in [0.5, 0.6) is 0 Å². The van der Waals surface area contributed by atoms with Crippen LogP contribution in [-0.4, -0.2) is 45.1 Å². The fraction of sp³-hybridized carbons (Fsp3) is 0.481. The van der Waals surface area contributed by atoms with Crippen LogP contribution < -0.4 is 0 Å². The molecular weight excluding hydrogens is 450 g/mol. The van der Waals surface area contributed by atoms with Crippen LogP contribution in [0.4, 0.5) is 0 Å². The van der Waals surface area contributed by atoms with Crippen LogP contribution in [-0.2, 0) is 19.8 Å². The quantitative estimate of drug-likeness (QED) is 0.576. The maximum atomic E-state index is 14.0. The lowest BCUT2D eigenvalue weighted by Gasteiger charge is -2.38. The molecule has 2 atom stereocenters. The second-order valence-electron chi connectivity index (χ2n) is 9.81. The summed E-state index contributed by atoms with van der Waals surface area (Å²) in [4.78, 5) is 48.7. The molecule has 178 valence electrons. The molecule has 2 aliphatic heterocycles. The number of carbonyl (C=O) groups excluding carboxylic acids is 3. The van der Waals surface area contributed by atoms with E-state index in [0.29, 0.717) is 17.1 Å². The van der Waals surface area contributed by atoms with E-state index in [1.807, 2.05) is 29.3 Å². The maximum Gasteiger partial charge on any atom is 0.241 e. The molecule has 3 amide bonds. The van der Waals surface area contributed by atoms with E-state index in [9.17, 15) is 14.4 Å². The van der Waals surface area contributed by atoms with Crippen LogP contribution >= 0.6 is 11.6 Å². The van der Waals surface area contributed by atoms with Gasteiger partial charge in [-0.05, 0) is 55.4 Å². The summed E-state index contributed by atoms with van der Waals surface area (Å²) in [5.74, 6) is -0.559. The highest BCUT2D eigenvalue weighted by Crippen LogP contribution is 2.46. The van der Waals surface area contributed by atoms with Gasteiger partial charge in [0.1, 0.15) is 0 Å². The summed E-state index contributed by atoms with van der Waals surface area (Å²) < 4.78 is 0. The molecule has 0 spiro atoms. The minimum Gasteiger partial charge on any atom is -0.336 e. The number of carbonyl (C=O) groups is 3. The van der Waals surface area contributed by atoms with Crippen LogP contribution in [0, 0.1) is 0 Å². The van der Waals surface area contributed by atoms with Crippen molar-refractivity contribution in [2.45, 2.75) is 75.3 Å². The summed E-state index contributed by atoms with van der Waals surface area (Å²) in [5.41, 5.74) is 0.328. The zero-order valence-electron chi connectivity index (χ0n) is 19.3. The first-order valence-corrected chi connectivity index (χ1v) is 12.7. The molecule has 5 rings (SSSR count). The normalized spacial score (nSPS) is 25.9. The summed E-state index contributed by atoms with van der Waals surface area (Å²) in [6.07, 6.45) is 9.98. The maximum absolute atomic E-state index is 14.0. The number of pyridine rings is 1. The first kappa shape index (κ1) is 23.0. The number of amides is 3. The van der Waals surface area contributed by atoms with Crippen LogP contribution in [0.2, 0.25) is 5.02 Å². The van der Waals surface area contributed by atoms with Crippen molar-refractivity contribution >= 4 is 29.3 Å². The molecule has 3 heterocycles. The lowest BCUT2D eigenvalue weighted by Crippen LogP contribution is -2.47. The topological polar surface area (TPSA) is 70.6 Å². The van der Waals surface area contributed by atoms with E-state index in [1.165, 1.54) is 4.90 Å². The van der Waals surface area contributed by atoms with Gasteiger partial charge < -0.3 is 4.90 Å². The lowest BCUT2D eigenvalue weighted by atomic mass is 9.75. The molecule has 3 aliphatic rings. The second-order valence-corrected chi connectivity index (χ2v) is 10.2. The smallest absolute Gasteiger partial charge is 0.241 e. The number of likely N-dealkylation sites (tertiary alicyclic amines) is 2. The minimum absolute atomic E-state index is 0.0107. The predicted octanol–water partition coefficient (Wildman–Crippen LogP) is 4.82. The molecule has 3 fully saturated rings. The highest BCUT2D eigenvalue weighted by Gasteiger charge is 2.56. The molecule has 2 saturated heterocycles. The van der Waals surface area contributed by atoms with Gasteiger partial charge in [0.25, 0.3) is 0 Å². The van der Waals surface area contributed by atoms with Crippen molar-refractivity contribution < 1.29 is 14.4 Å². The minimum atomic E-state index is -1.26. The van der Waals surface area contributed by atoms with E-state index < -0.39 is 5.41 Å². The van der Waals surface area contributed by atoms with Gasteiger partial charge in [-0.1, -0.05) is 48.7 Å². The van der Waals surface area contributed by atoms with Gasteiger partial charge in [0.15, 0.2) is 0 Å².